The zero-order chi connectivity index (χ0) is 15.5. The van der Waals surface area contributed by atoms with Crippen LogP contribution in [0.5, 0.6) is 0 Å². The Morgan fingerprint density at radius 3 is 2.33 bits per heavy atom. The average molecular weight is 315 g/mol. The van der Waals surface area contributed by atoms with Crippen LogP contribution in [-0.4, -0.2) is 6.36 Å². The molecule has 0 amide bonds. The van der Waals surface area contributed by atoms with Crippen molar-refractivity contribution >= 4 is 17.3 Å². The molecule has 6 heteroatoms. The first kappa shape index (κ1) is 15.7. The third-order valence-electron chi connectivity index (χ3n) is 2.71. The monoisotopic (exact) mass is 314 g/mol. The van der Waals surface area contributed by atoms with Gasteiger partial charge in [0.15, 0.2) is 0 Å². The van der Waals surface area contributed by atoms with Gasteiger partial charge in [0.05, 0.1) is 12.2 Å². The molecule has 0 bridgehead atoms. The predicted molar refractivity (Wildman–Crippen MR) is 75.7 cm³/mol. The van der Waals surface area contributed by atoms with Crippen LogP contribution in [0.4, 0.5) is 18.9 Å². The molecule has 0 fully saturated rings. The van der Waals surface area contributed by atoms with Crippen molar-refractivity contribution in [3.8, 4) is 0 Å². The van der Waals surface area contributed by atoms with Crippen molar-refractivity contribution in [2.45, 2.75) is 12.9 Å². The van der Waals surface area contributed by atoms with Crippen LogP contribution in [0, 0.1) is 6.92 Å². The highest BCUT2D eigenvalue weighted by Gasteiger charge is 2.34. The maximum absolute atomic E-state index is 12.6. The molecule has 0 heterocycles. The van der Waals surface area contributed by atoms with Crippen molar-refractivity contribution in [2.75, 3.05) is 5.06 Å². The van der Waals surface area contributed by atoms with Crippen LogP contribution in [-0.2, 0) is 11.4 Å². The van der Waals surface area contributed by atoms with Crippen molar-refractivity contribution < 1.29 is 18.0 Å². The van der Waals surface area contributed by atoms with Gasteiger partial charge in [-0.15, -0.1) is 13.2 Å². The van der Waals surface area contributed by atoms with Crippen LogP contribution in [0.1, 0.15) is 11.1 Å². The average Bonchev–Trinajstić information content (AvgIpc) is 2.41. The maximum atomic E-state index is 12.6. The number of rotatable bonds is 4. The molecule has 0 aliphatic rings. The highest BCUT2D eigenvalue weighted by Crippen LogP contribution is 2.28. The Morgan fingerprint density at radius 2 is 1.76 bits per heavy atom. The van der Waals surface area contributed by atoms with E-state index in [2.05, 4.69) is 11.8 Å². The van der Waals surface area contributed by atoms with Gasteiger partial charge >= 0.3 is 6.36 Å². The molecule has 111 valence electrons. The number of halogens is 4. The molecule has 2 aromatic carbocycles. The highest BCUT2D eigenvalue weighted by atomic mass is 35.5. The second kappa shape index (κ2) is 6.37. The molecule has 0 aliphatic carbocycles. The Balaban J connectivity index is 2.29. The lowest BCUT2D eigenvalue weighted by Crippen LogP contribution is -2.31. The van der Waals surface area contributed by atoms with Crippen LogP contribution in [0.15, 0.2) is 48.5 Å². The minimum Gasteiger partial charge on any atom is -0.241 e. The fraction of sp³-hybridized carbons (Fsp3) is 0.133. The van der Waals surface area contributed by atoms with Gasteiger partial charge in [0.1, 0.15) is 0 Å². The van der Waals surface area contributed by atoms with E-state index in [1.54, 1.807) is 30.3 Å². The van der Waals surface area contributed by atoms with Gasteiger partial charge in [-0.3, -0.25) is 0 Å². The number of hydroxylamine groups is 1. The first-order valence-corrected chi connectivity index (χ1v) is 6.42. The van der Waals surface area contributed by atoms with Crippen LogP contribution in [0.3, 0.4) is 0 Å². The van der Waals surface area contributed by atoms with Crippen LogP contribution in [0.2, 0.25) is 5.02 Å². The maximum Gasteiger partial charge on any atom is 0.544 e. The number of hydrogen-bond acceptors (Lipinski definition) is 2. The van der Waals surface area contributed by atoms with Gasteiger partial charge in [-0.25, -0.2) is 5.06 Å². The SMILES string of the molecule is [CH2]c1ccc(N(Cc2ccccc2)OC(F)(F)F)cc1Cl. The van der Waals surface area contributed by atoms with E-state index in [4.69, 9.17) is 11.6 Å². The van der Waals surface area contributed by atoms with Crippen LogP contribution in [0.25, 0.3) is 0 Å². The van der Waals surface area contributed by atoms with E-state index in [-0.39, 0.29) is 17.3 Å². The topological polar surface area (TPSA) is 12.5 Å². The third kappa shape index (κ3) is 4.65. The number of hydrogen-bond donors (Lipinski definition) is 0. The van der Waals surface area contributed by atoms with Gasteiger partial charge < -0.3 is 0 Å². The molecule has 2 nitrogen and oxygen atoms in total. The molecule has 0 aliphatic heterocycles. The molecule has 0 aromatic heterocycles. The summed E-state index contributed by atoms with van der Waals surface area (Å²) >= 11 is 5.91. The molecule has 1 radical (unpaired) electrons. The molecule has 2 rings (SSSR count). The van der Waals surface area contributed by atoms with E-state index >= 15 is 0 Å². The van der Waals surface area contributed by atoms with E-state index in [9.17, 15) is 13.2 Å². The minimum absolute atomic E-state index is 0.0623. The Kier molecular flexibility index (Phi) is 4.75. The zero-order valence-corrected chi connectivity index (χ0v) is 11.7. The molecular weight excluding hydrogens is 303 g/mol. The molecule has 21 heavy (non-hydrogen) atoms. The summed E-state index contributed by atoms with van der Waals surface area (Å²) in [7, 11) is 0. The Morgan fingerprint density at radius 1 is 1.10 bits per heavy atom. The van der Waals surface area contributed by atoms with Crippen LogP contribution < -0.4 is 5.06 Å². The molecule has 0 saturated carbocycles. The highest BCUT2D eigenvalue weighted by molar-refractivity contribution is 6.31. The van der Waals surface area contributed by atoms with E-state index in [0.29, 0.717) is 11.1 Å². The molecule has 0 atom stereocenters. The van der Waals surface area contributed by atoms with Gasteiger partial charge in [0, 0.05) is 5.02 Å². The smallest absolute Gasteiger partial charge is 0.241 e. The van der Waals surface area contributed by atoms with Crippen molar-refractivity contribution in [3.63, 3.8) is 0 Å². The number of alkyl halides is 3. The summed E-state index contributed by atoms with van der Waals surface area (Å²) in [6, 6.07) is 13.1. The second-order valence-corrected chi connectivity index (χ2v) is 4.74. The Labute approximate surface area is 125 Å². The molecular formula is C15H12ClF3NO. The summed E-state index contributed by atoms with van der Waals surface area (Å²) in [6.07, 6.45) is -4.79. The number of benzene rings is 2. The van der Waals surface area contributed by atoms with E-state index in [0.717, 1.165) is 5.06 Å². The summed E-state index contributed by atoms with van der Waals surface area (Å²) < 4.78 is 37.7. The molecule has 0 saturated heterocycles. The Hall–Kier alpha value is -1.72. The molecule has 2 aromatic rings. The zero-order valence-electron chi connectivity index (χ0n) is 10.9. The summed E-state index contributed by atoms with van der Waals surface area (Å²) in [5.41, 5.74) is 1.41. The van der Waals surface area contributed by atoms with Gasteiger partial charge in [0.25, 0.3) is 0 Å². The summed E-state index contributed by atoms with van der Waals surface area (Å²) in [4.78, 5) is 4.08. The summed E-state index contributed by atoms with van der Waals surface area (Å²) in [5, 5.41) is 1.03. The van der Waals surface area contributed by atoms with Crippen molar-refractivity contribution in [1.82, 2.24) is 0 Å². The van der Waals surface area contributed by atoms with Gasteiger partial charge in [0.2, 0.25) is 0 Å². The quantitative estimate of drug-likeness (QED) is 0.738. The van der Waals surface area contributed by atoms with E-state index in [1.807, 2.05) is 0 Å². The number of nitrogens with zero attached hydrogens (tertiary/aromatic N) is 1. The van der Waals surface area contributed by atoms with Gasteiger partial charge in [-0.2, -0.15) is 4.84 Å². The Bertz CT molecular complexity index is 602. The molecule has 0 spiro atoms. The normalized spacial score (nSPS) is 11.5. The van der Waals surface area contributed by atoms with Crippen molar-refractivity contribution in [3.05, 3.63) is 71.6 Å². The predicted octanol–water partition coefficient (Wildman–Crippen LogP) is 4.98. The molecule has 0 unspecified atom stereocenters. The first-order chi connectivity index (χ1) is 9.85. The number of anilines is 1. The van der Waals surface area contributed by atoms with E-state index < -0.39 is 6.36 Å². The standard InChI is InChI=1S/C15H12ClF3NO/c1-11-7-8-13(9-14(11)16)20(21-15(17,18)19)10-12-5-3-2-4-6-12/h2-9H,1,10H2. The lowest BCUT2D eigenvalue weighted by atomic mass is 10.2. The van der Waals surface area contributed by atoms with Crippen molar-refractivity contribution in [2.24, 2.45) is 0 Å². The lowest BCUT2D eigenvalue weighted by molar-refractivity contribution is -0.331. The largest absolute Gasteiger partial charge is 0.544 e. The van der Waals surface area contributed by atoms with Crippen LogP contribution >= 0.6 is 11.6 Å². The lowest BCUT2D eigenvalue weighted by Gasteiger charge is -2.25. The minimum atomic E-state index is -4.79. The first-order valence-electron chi connectivity index (χ1n) is 6.04. The van der Waals surface area contributed by atoms with Gasteiger partial charge in [-0.1, -0.05) is 48.0 Å². The molecule has 0 N–H and O–H groups in total. The summed E-state index contributed by atoms with van der Waals surface area (Å²) in [5.74, 6) is 0. The fourth-order valence-corrected chi connectivity index (χ4v) is 1.92. The second-order valence-electron chi connectivity index (χ2n) is 4.33. The van der Waals surface area contributed by atoms with Gasteiger partial charge in [-0.05, 0) is 30.2 Å². The van der Waals surface area contributed by atoms with E-state index in [1.165, 1.54) is 18.2 Å². The third-order valence-corrected chi connectivity index (χ3v) is 3.06. The summed E-state index contributed by atoms with van der Waals surface area (Å²) in [6.45, 7) is 3.60. The van der Waals surface area contributed by atoms with Crippen molar-refractivity contribution in [1.29, 1.82) is 0 Å². The fourth-order valence-electron chi connectivity index (χ4n) is 1.74.